The van der Waals surface area contributed by atoms with Gasteiger partial charge in [-0.05, 0) is 24.5 Å². The van der Waals surface area contributed by atoms with E-state index in [1.165, 1.54) is 27.7 Å². The van der Waals surface area contributed by atoms with Crippen molar-refractivity contribution < 1.29 is 9.53 Å². The summed E-state index contributed by atoms with van der Waals surface area (Å²) in [5.41, 5.74) is 6.30. The Morgan fingerprint density at radius 2 is 1.93 bits per heavy atom. The standard InChI is InChI=1S/C23H26N2O2/c1-3-13-25-21-12-14-24(23(26)27-16-18-9-5-4-6-10-18)15-20(21)19-11-7-8-17(2)22(19)25/h4-11H,3,12-16H2,1-2H3. The summed E-state index contributed by atoms with van der Waals surface area (Å²) >= 11 is 0. The molecule has 0 unspecified atom stereocenters. The molecule has 0 atom stereocenters. The SMILES string of the molecule is CCCn1c2c(c3cccc(C)c31)CN(C(=O)OCc1ccccc1)CC2. The minimum absolute atomic E-state index is 0.228. The topological polar surface area (TPSA) is 34.5 Å². The molecule has 1 amide bonds. The summed E-state index contributed by atoms with van der Waals surface area (Å²) in [6, 6.07) is 16.3. The highest BCUT2D eigenvalue weighted by molar-refractivity contribution is 5.89. The molecule has 0 radical (unpaired) electrons. The first-order chi connectivity index (χ1) is 13.2. The van der Waals surface area contributed by atoms with Gasteiger partial charge in [0.05, 0.1) is 12.1 Å². The van der Waals surface area contributed by atoms with Crippen LogP contribution >= 0.6 is 0 Å². The molecule has 3 aromatic rings. The average molecular weight is 362 g/mol. The lowest BCUT2D eigenvalue weighted by Gasteiger charge is -2.27. The van der Waals surface area contributed by atoms with Gasteiger partial charge < -0.3 is 14.2 Å². The van der Waals surface area contributed by atoms with Gasteiger partial charge in [-0.1, -0.05) is 55.5 Å². The van der Waals surface area contributed by atoms with Gasteiger partial charge in [0.25, 0.3) is 0 Å². The zero-order valence-corrected chi connectivity index (χ0v) is 16.1. The lowest BCUT2D eigenvalue weighted by atomic mass is 10.0. The third kappa shape index (κ3) is 3.32. The molecule has 0 saturated carbocycles. The van der Waals surface area contributed by atoms with Gasteiger partial charge in [-0.25, -0.2) is 4.79 Å². The third-order valence-electron chi connectivity index (χ3n) is 5.39. The fourth-order valence-corrected chi connectivity index (χ4v) is 4.12. The molecule has 4 nitrogen and oxygen atoms in total. The minimum Gasteiger partial charge on any atom is -0.445 e. The molecule has 0 saturated heterocycles. The number of ether oxygens (including phenoxy) is 1. The van der Waals surface area contributed by atoms with Crippen molar-refractivity contribution in [2.45, 2.75) is 46.4 Å². The van der Waals surface area contributed by atoms with E-state index in [1.807, 2.05) is 35.2 Å². The highest BCUT2D eigenvalue weighted by atomic mass is 16.6. The number of fused-ring (bicyclic) bond motifs is 3. The Labute approximate surface area is 160 Å². The minimum atomic E-state index is -0.228. The van der Waals surface area contributed by atoms with Crippen molar-refractivity contribution in [1.82, 2.24) is 9.47 Å². The van der Waals surface area contributed by atoms with Crippen LogP contribution in [-0.4, -0.2) is 22.1 Å². The maximum Gasteiger partial charge on any atom is 0.410 e. The van der Waals surface area contributed by atoms with Gasteiger partial charge in [-0.3, -0.25) is 0 Å². The van der Waals surface area contributed by atoms with Crippen molar-refractivity contribution >= 4 is 17.0 Å². The first-order valence-corrected chi connectivity index (χ1v) is 9.74. The monoisotopic (exact) mass is 362 g/mol. The maximum absolute atomic E-state index is 12.6. The summed E-state index contributed by atoms with van der Waals surface area (Å²) in [6.07, 6.45) is 1.76. The summed E-state index contributed by atoms with van der Waals surface area (Å²) in [6.45, 7) is 7.06. The number of carbonyl (C=O) groups excluding carboxylic acids is 1. The number of amides is 1. The van der Waals surface area contributed by atoms with E-state index >= 15 is 0 Å². The molecule has 1 aliphatic heterocycles. The molecule has 4 heteroatoms. The van der Waals surface area contributed by atoms with Crippen LogP contribution in [0.25, 0.3) is 10.9 Å². The smallest absolute Gasteiger partial charge is 0.410 e. The normalized spacial score (nSPS) is 13.6. The Morgan fingerprint density at radius 1 is 1.11 bits per heavy atom. The van der Waals surface area contributed by atoms with Gasteiger partial charge in [0.2, 0.25) is 0 Å². The van der Waals surface area contributed by atoms with Gasteiger partial charge in [-0.15, -0.1) is 0 Å². The number of aromatic nitrogens is 1. The van der Waals surface area contributed by atoms with E-state index in [4.69, 9.17) is 4.74 Å². The molecule has 2 aromatic carbocycles. The van der Waals surface area contributed by atoms with E-state index in [-0.39, 0.29) is 6.09 Å². The lowest BCUT2D eigenvalue weighted by Crippen LogP contribution is -2.36. The number of benzene rings is 2. The van der Waals surface area contributed by atoms with Crippen LogP contribution in [0.4, 0.5) is 4.79 Å². The molecule has 27 heavy (non-hydrogen) atoms. The van der Waals surface area contributed by atoms with E-state index in [2.05, 4.69) is 36.6 Å². The van der Waals surface area contributed by atoms with E-state index < -0.39 is 0 Å². The number of aryl methyl sites for hydroxylation is 2. The quantitative estimate of drug-likeness (QED) is 0.650. The number of carbonyl (C=O) groups is 1. The van der Waals surface area contributed by atoms with Gasteiger partial charge in [0, 0.05) is 36.2 Å². The molecular weight excluding hydrogens is 336 g/mol. The molecule has 1 aliphatic rings. The number of para-hydroxylation sites is 1. The Balaban J connectivity index is 1.57. The molecule has 0 N–H and O–H groups in total. The molecule has 1 aromatic heterocycles. The molecule has 4 rings (SSSR count). The Hall–Kier alpha value is -2.75. The van der Waals surface area contributed by atoms with E-state index in [9.17, 15) is 4.79 Å². The Bertz CT molecular complexity index is 959. The predicted octanol–water partition coefficient (Wildman–Crippen LogP) is 5.05. The summed E-state index contributed by atoms with van der Waals surface area (Å²) in [4.78, 5) is 14.5. The van der Waals surface area contributed by atoms with Crippen LogP contribution in [0, 0.1) is 6.92 Å². The van der Waals surface area contributed by atoms with Crippen molar-refractivity contribution in [2.75, 3.05) is 6.54 Å². The number of nitrogens with zero attached hydrogens (tertiary/aromatic N) is 2. The van der Waals surface area contributed by atoms with Crippen LogP contribution in [-0.2, 0) is 30.9 Å². The number of hydrogen-bond donors (Lipinski definition) is 0. The summed E-state index contributed by atoms with van der Waals surface area (Å²) in [7, 11) is 0. The first-order valence-electron chi connectivity index (χ1n) is 9.74. The second-order valence-electron chi connectivity index (χ2n) is 7.26. The van der Waals surface area contributed by atoms with Crippen LogP contribution in [0.3, 0.4) is 0 Å². The fourth-order valence-electron chi connectivity index (χ4n) is 4.12. The third-order valence-corrected chi connectivity index (χ3v) is 5.39. The summed E-state index contributed by atoms with van der Waals surface area (Å²) < 4.78 is 8.02. The molecule has 0 fully saturated rings. The van der Waals surface area contributed by atoms with Crippen molar-refractivity contribution in [3.63, 3.8) is 0 Å². The van der Waals surface area contributed by atoms with Crippen molar-refractivity contribution in [1.29, 1.82) is 0 Å². The van der Waals surface area contributed by atoms with Gasteiger partial charge >= 0.3 is 6.09 Å². The van der Waals surface area contributed by atoms with Gasteiger partial charge in [0.1, 0.15) is 6.61 Å². The average Bonchev–Trinajstić information content (AvgIpc) is 3.02. The predicted molar refractivity (Wildman–Crippen MR) is 108 cm³/mol. The molecular formula is C23H26N2O2. The zero-order valence-electron chi connectivity index (χ0n) is 16.1. The van der Waals surface area contributed by atoms with Crippen LogP contribution in [0.15, 0.2) is 48.5 Å². The van der Waals surface area contributed by atoms with E-state index in [0.717, 1.165) is 24.9 Å². The second-order valence-corrected chi connectivity index (χ2v) is 7.26. The Morgan fingerprint density at radius 3 is 2.70 bits per heavy atom. The number of hydrogen-bond acceptors (Lipinski definition) is 2. The summed E-state index contributed by atoms with van der Waals surface area (Å²) in [5, 5.41) is 1.28. The van der Waals surface area contributed by atoms with Crippen LogP contribution in [0.5, 0.6) is 0 Å². The van der Waals surface area contributed by atoms with Crippen molar-refractivity contribution in [3.8, 4) is 0 Å². The van der Waals surface area contributed by atoms with Crippen molar-refractivity contribution in [2.24, 2.45) is 0 Å². The molecule has 2 heterocycles. The van der Waals surface area contributed by atoms with E-state index in [1.54, 1.807) is 0 Å². The molecule has 140 valence electrons. The van der Waals surface area contributed by atoms with Gasteiger partial charge in [0.15, 0.2) is 0 Å². The zero-order chi connectivity index (χ0) is 18.8. The first kappa shape index (κ1) is 17.7. The molecule has 0 spiro atoms. The largest absolute Gasteiger partial charge is 0.445 e. The maximum atomic E-state index is 12.6. The van der Waals surface area contributed by atoms with Crippen LogP contribution < -0.4 is 0 Å². The molecule has 0 bridgehead atoms. The summed E-state index contributed by atoms with van der Waals surface area (Å²) in [5.74, 6) is 0. The highest BCUT2D eigenvalue weighted by Gasteiger charge is 2.27. The molecule has 0 aliphatic carbocycles. The van der Waals surface area contributed by atoms with Crippen molar-refractivity contribution in [3.05, 3.63) is 70.9 Å². The Kier molecular flexibility index (Phi) is 4.88. The second kappa shape index (κ2) is 7.47. The number of rotatable bonds is 4. The highest BCUT2D eigenvalue weighted by Crippen LogP contribution is 2.33. The van der Waals surface area contributed by atoms with Gasteiger partial charge in [-0.2, -0.15) is 0 Å². The fraction of sp³-hybridized carbons (Fsp3) is 0.348. The lowest BCUT2D eigenvalue weighted by molar-refractivity contribution is 0.0917. The van der Waals surface area contributed by atoms with E-state index in [0.29, 0.717) is 19.7 Å². The van der Waals surface area contributed by atoms with Crippen LogP contribution in [0.1, 0.15) is 35.7 Å². The van der Waals surface area contributed by atoms with Crippen LogP contribution in [0.2, 0.25) is 0 Å².